The van der Waals surface area contributed by atoms with Gasteiger partial charge >= 0.3 is 0 Å². The first-order valence-corrected chi connectivity index (χ1v) is 4.93. The Morgan fingerprint density at radius 1 is 1.40 bits per heavy atom. The number of aromatic hydroxyl groups is 1. The van der Waals surface area contributed by atoms with Crippen LogP contribution in [0.25, 0.3) is 0 Å². The van der Waals surface area contributed by atoms with Crippen molar-refractivity contribution in [3.8, 4) is 5.75 Å². The third-order valence-electron chi connectivity index (χ3n) is 2.42. The first kappa shape index (κ1) is 9.98. The van der Waals surface area contributed by atoms with Gasteiger partial charge in [-0.15, -0.1) is 0 Å². The number of benzene rings is 1. The van der Waals surface area contributed by atoms with E-state index in [2.05, 4.69) is 5.32 Å². The minimum atomic E-state index is -0.252. The lowest BCUT2D eigenvalue weighted by molar-refractivity contribution is -0.120. The van der Waals surface area contributed by atoms with Crippen LogP contribution >= 0.6 is 0 Å². The number of amides is 1. The molecule has 1 amide bonds. The van der Waals surface area contributed by atoms with Gasteiger partial charge in [0.15, 0.2) is 0 Å². The van der Waals surface area contributed by atoms with Gasteiger partial charge in [-0.2, -0.15) is 0 Å². The molecule has 1 aliphatic rings. The van der Waals surface area contributed by atoms with Gasteiger partial charge in [-0.25, -0.2) is 0 Å². The highest BCUT2D eigenvalue weighted by atomic mass is 16.5. The second-order valence-electron chi connectivity index (χ2n) is 3.47. The Kier molecular flexibility index (Phi) is 2.87. The number of ether oxygens (including phenoxy) is 1. The molecule has 0 aliphatic carbocycles. The predicted octanol–water partition coefficient (Wildman–Crippen LogP) is 0.970. The molecule has 4 heteroatoms. The summed E-state index contributed by atoms with van der Waals surface area (Å²) >= 11 is 0. The largest absolute Gasteiger partial charge is 0.508 e. The van der Waals surface area contributed by atoms with Crippen LogP contribution < -0.4 is 5.32 Å². The van der Waals surface area contributed by atoms with Gasteiger partial charge in [0.25, 0.3) is 0 Å². The number of para-hydroxylation sites is 1. The average molecular weight is 207 g/mol. The molecule has 1 atom stereocenters. The van der Waals surface area contributed by atoms with Gasteiger partial charge in [0.1, 0.15) is 11.9 Å². The molecular formula is C11H13NO3. The molecule has 1 aromatic carbocycles. The van der Waals surface area contributed by atoms with E-state index in [1.54, 1.807) is 18.2 Å². The van der Waals surface area contributed by atoms with Crippen LogP contribution in [0.5, 0.6) is 5.75 Å². The summed E-state index contributed by atoms with van der Waals surface area (Å²) in [7, 11) is 0. The molecule has 1 aliphatic heterocycles. The van der Waals surface area contributed by atoms with Gasteiger partial charge in [0.2, 0.25) is 5.91 Å². The lowest BCUT2D eigenvalue weighted by atomic mass is 10.1. The van der Waals surface area contributed by atoms with Crippen molar-refractivity contribution in [2.24, 2.45) is 0 Å². The molecule has 15 heavy (non-hydrogen) atoms. The SMILES string of the molecule is O=C1CCOC(c2ccccc2O)CN1. The first-order valence-electron chi connectivity index (χ1n) is 4.93. The van der Waals surface area contributed by atoms with Crippen LogP contribution in [0.2, 0.25) is 0 Å². The van der Waals surface area contributed by atoms with Crippen molar-refractivity contribution >= 4 is 5.91 Å². The summed E-state index contributed by atoms with van der Waals surface area (Å²) in [4.78, 5) is 11.1. The zero-order valence-electron chi connectivity index (χ0n) is 8.27. The van der Waals surface area contributed by atoms with E-state index in [9.17, 15) is 9.90 Å². The first-order chi connectivity index (χ1) is 7.27. The van der Waals surface area contributed by atoms with Gasteiger partial charge in [0.05, 0.1) is 6.61 Å². The minimum Gasteiger partial charge on any atom is -0.508 e. The Balaban J connectivity index is 2.16. The third-order valence-corrected chi connectivity index (χ3v) is 2.42. The summed E-state index contributed by atoms with van der Waals surface area (Å²) in [5.41, 5.74) is 0.722. The molecule has 1 saturated heterocycles. The van der Waals surface area contributed by atoms with Crippen LogP contribution in [0, 0.1) is 0 Å². The molecule has 0 spiro atoms. The molecule has 4 nitrogen and oxygen atoms in total. The third kappa shape index (κ3) is 2.27. The molecule has 1 aromatic rings. The van der Waals surface area contributed by atoms with Crippen molar-refractivity contribution < 1.29 is 14.6 Å². The van der Waals surface area contributed by atoms with Crippen LogP contribution in [0.3, 0.4) is 0 Å². The van der Waals surface area contributed by atoms with Crippen molar-refractivity contribution in [1.82, 2.24) is 5.32 Å². The van der Waals surface area contributed by atoms with Gasteiger partial charge in [-0.1, -0.05) is 18.2 Å². The fraction of sp³-hybridized carbons (Fsp3) is 0.364. The minimum absolute atomic E-state index is 0.00655. The summed E-state index contributed by atoms with van der Waals surface area (Å²) in [5, 5.41) is 12.4. The quantitative estimate of drug-likeness (QED) is 0.721. The topological polar surface area (TPSA) is 58.6 Å². The van der Waals surface area contributed by atoms with E-state index in [1.165, 1.54) is 0 Å². The average Bonchev–Trinajstić information content (AvgIpc) is 2.44. The number of phenols is 1. The molecule has 80 valence electrons. The van der Waals surface area contributed by atoms with Gasteiger partial charge in [-0.05, 0) is 6.07 Å². The molecule has 2 N–H and O–H groups in total. The maximum Gasteiger partial charge on any atom is 0.222 e. The lowest BCUT2D eigenvalue weighted by Crippen LogP contribution is -2.25. The maximum absolute atomic E-state index is 11.1. The number of rotatable bonds is 1. The van der Waals surface area contributed by atoms with E-state index in [0.717, 1.165) is 5.56 Å². The molecule has 0 radical (unpaired) electrons. The number of carbonyl (C=O) groups is 1. The molecule has 0 aromatic heterocycles. The van der Waals surface area contributed by atoms with Crippen molar-refractivity contribution in [3.63, 3.8) is 0 Å². The maximum atomic E-state index is 11.1. The number of hydrogen-bond acceptors (Lipinski definition) is 3. The lowest BCUT2D eigenvalue weighted by Gasteiger charge is -2.15. The Bertz CT molecular complexity index is 365. The normalized spacial score (nSPS) is 21.9. The molecule has 2 rings (SSSR count). The summed E-state index contributed by atoms with van der Waals surface area (Å²) in [6.07, 6.45) is 0.127. The van der Waals surface area contributed by atoms with Crippen molar-refractivity contribution in [1.29, 1.82) is 0 Å². The molecule has 1 heterocycles. The van der Waals surface area contributed by atoms with E-state index in [4.69, 9.17) is 4.74 Å². The van der Waals surface area contributed by atoms with Crippen LogP contribution in [0.4, 0.5) is 0 Å². The Morgan fingerprint density at radius 2 is 2.20 bits per heavy atom. The van der Waals surface area contributed by atoms with E-state index in [0.29, 0.717) is 19.6 Å². The summed E-state index contributed by atoms with van der Waals surface area (Å²) in [6.45, 7) is 0.807. The number of carbonyl (C=O) groups excluding carboxylic acids is 1. The molecule has 0 saturated carbocycles. The van der Waals surface area contributed by atoms with Crippen LogP contribution in [0.1, 0.15) is 18.1 Å². The second-order valence-corrected chi connectivity index (χ2v) is 3.47. The molecular weight excluding hydrogens is 194 g/mol. The van der Waals surface area contributed by atoms with E-state index in [-0.39, 0.29) is 17.8 Å². The highest BCUT2D eigenvalue weighted by molar-refractivity contribution is 5.76. The number of phenolic OH excluding ortho intramolecular Hbond substituents is 1. The van der Waals surface area contributed by atoms with Gasteiger partial charge in [-0.3, -0.25) is 4.79 Å². The molecule has 1 unspecified atom stereocenters. The van der Waals surface area contributed by atoms with Crippen molar-refractivity contribution in [2.75, 3.05) is 13.2 Å². The Morgan fingerprint density at radius 3 is 3.00 bits per heavy atom. The van der Waals surface area contributed by atoms with Crippen LogP contribution in [-0.2, 0) is 9.53 Å². The summed E-state index contributed by atoms with van der Waals surface area (Å²) in [5.74, 6) is 0.201. The zero-order chi connectivity index (χ0) is 10.7. The van der Waals surface area contributed by atoms with Crippen molar-refractivity contribution in [3.05, 3.63) is 29.8 Å². The van der Waals surface area contributed by atoms with Gasteiger partial charge in [0, 0.05) is 18.5 Å². The second kappa shape index (κ2) is 4.31. The van der Waals surface area contributed by atoms with Gasteiger partial charge < -0.3 is 15.2 Å². The molecule has 0 bridgehead atoms. The van der Waals surface area contributed by atoms with Crippen LogP contribution in [-0.4, -0.2) is 24.2 Å². The summed E-state index contributed by atoms with van der Waals surface area (Å²) < 4.78 is 5.50. The van der Waals surface area contributed by atoms with Crippen molar-refractivity contribution in [2.45, 2.75) is 12.5 Å². The molecule has 1 fully saturated rings. The van der Waals surface area contributed by atoms with Crippen LogP contribution in [0.15, 0.2) is 24.3 Å². The smallest absolute Gasteiger partial charge is 0.222 e. The van der Waals surface area contributed by atoms with E-state index < -0.39 is 0 Å². The number of nitrogens with one attached hydrogen (secondary N) is 1. The highest BCUT2D eigenvalue weighted by Crippen LogP contribution is 2.26. The zero-order valence-corrected chi connectivity index (χ0v) is 8.27. The standard InChI is InChI=1S/C11H13NO3/c13-9-4-2-1-3-8(9)10-7-12-11(14)5-6-15-10/h1-4,10,13H,5-7H2,(H,12,14). The predicted molar refractivity (Wildman–Crippen MR) is 54.4 cm³/mol. The summed E-state index contributed by atoms with van der Waals surface area (Å²) in [6, 6.07) is 7.02. The van der Waals surface area contributed by atoms with E-state index >= 15 is 0 Å². The number of hydrogen-bond donors (Lipinski definition) is 2. The van der Waals surface area contributed by atoms with E-state index in [1.807, 2.05) is 6.07 Å². The highest BCUT2D eigenvalue weighted by Gasteiger charge is 2.19. The fourth-order valence-electron chi connectivity index (χ4n) is 1.61. The fourth-order valence-corrected chi connectivity index (χ4v) is 1.61. The Hall–Kier alpha value is -1.55. The Labute approximate surface area is 87.9 Å². The monoisotopic (exact) mass is 207 g/mol.